The van der Waals surface area contributed by atoms with Crippen molar-refractivity contribution in [3.63, 3.8) is 0 Å². The molecule has 3 aromatic heterocycles. The minimum absolute atomic E-state index is 0.112. The average molecular weight is 412 g/mol. The molecular weight excluding hydrogens is 399 g/mol. The number of carbonyl (C=O) groups excluding carboxylic acids is 1. The van der Waals surface area contributed by atoms with E-state index in [0.29, 0.717) is 33.9 Å². The van der Waals surface area contributed by atoms with Gasteiger partial charge in [0.2, 0.25) is 5.82 Å². The van der Waals surface area contributed by atoms with Crippen LogP contribution in [0.1, 0.15) is 10.4 Å². The van der Waals surface area contributed by atoms with Crippen LogP contribution in [0, 0.1) is 5.82 Å². The van der Waals surface area contributed by atoms with Crippen LogP contribution in [0.4, 0.5) is 4.39 Å². The van der Waals surface area contributed by atoms with Gasteiger partial charge < -0.3 is 4.52 Å². The molecule has 3 heterocycles. The van der Waals surface area contributed by atoms with Crippen LogP contribution in [0.25, 0.3) is 39.9 Å². The summed E-state index contributed by atoms with van der Waals surface area (Å²) in [5, 5.41) is 12.3. The van der Waals surface area contributed by atoms with Gasteiger partial charge in [-0.25, -0.2) is 9.07 Å². The minimum atomic E-state index is -0.453. The first-order chi connectivity index (χ1) is 15.2. The van der Waals surface area contributed by atoms with Crippen LogP contribution in [0.2, 0.25) is 0 Å². The maximum Gasteiger partial charge on any atom is 0.281 e. The highest BCUT2D eigenvalue weighted by molar-refractivity contribution is 5.78. The summed E-state index contributed by atoms with van der Waals surface area (Å²) in [7, 11) is 0. The van der Waals surface area contributed by atoms with E-state index in [-0.39, 0.29) is 11.6 Å². The van der Waals surface area contributed by atoms with Crippen molar-refractivity contribution in [2.24, 2.45) is 0 Å². The van der Waals surface area contributed by atoms with Gasteiger partial charge in [-0.1, -0.05) is 40.7 Å². The van der Waals surface area contributed by atoms with Crippen LogP contribution >= 0.6 is 0 Å². The molecule has 9 heteroatoms. The number of pyridine rings is 1. The van der Waals surface area contributed by atoms with Crippen molar-refractivity contribution >= 4 is 6.29 Å². The number of para-hydroxylation sites is 1. The largest absolute Gasteiger partial charge is 0.332 e. The molecule has 0 aliphatic heterocycles. The average Bonchev–Trinajstić information content (AvgIpc) is 3.47. The second-order valence-electron chi connectivity index (χ2n) is 6.55. The van der Waals surface area contributed by atoms with Gasteiger partial charge in [-0.15, -0.1) is 5.10 Å². The minimum Gasteiger partial charge on any atom is -0.332 e. The number of aldehydes is 1. The van der Waals surface area contributed by atoms with Gasteiger partial charge in [0.25, 0.3) is 5.89 Å². The Labute approximate surface area is 175 Å². The van der Waals surface area contributed by atoms with Crippen molar-refractivity contribution in [1.29, 1.82) is 0 Å². The highest BCUT2D eigenvalue weighted by atomic mass is 19.1. The molecule has 0 N–H and O–H groups in total. The van der Waals surface area contributed by atoms with E-state index in [2.05, 4.69) is 25.4 Å². The molecule has 5 aromatic rings. The number of nitrogens with zero attached hydrogens (tertiary/aromatic N) is 6. The molecule has 150 valence electrons. The van der Waals surface area contributed by atoms with Gasteiger partial charge in [0.1, 0.15) is 23.5 Å². The van der Waals surface area contributed by atoms with Crippen molar-refractivity contribution < 1.29 is 13.7 Å². The Bertz CT molecular complexity index is 1380. The van der Waals surface area contributed by atoms with Crippen LogP contribution in [0.15, 0.2) is 77.6 Å². The van der Waals surface area contributed by atoms with Gasteiger partial charge in [0, 0.05) is 29.1 Å². The third kappa shape index (κ3) is 3.38. The Balaban J connectivity index is 1.66. The topological polar surface area (TPSA) is 99.6 Å². The van der Waals surface area contributed by atoms with Crippen LogP contribution in [0.3, 0.4) is 0 Å². The highest BCUT2D eigenvalue weighted by Gasteiger charge is 2.24. The Hall–Kier alpha value is -4.53. The van der Waals surface area contributed by atoms with E-state index >= 15 is 0 Å². The molecule has 0 saturated heterocycles. The zero-order valence-electron chi connectivity index (χ0n) is 15.9. The molecule has 0 aliphatic rings. The molecule has 8 nitrogen and oxygen atoms in total. The predicted molar refractivity (Wildman–Crippen MR) is 109 cm³/mol. The van der Waals surface area contributed by atoms with E-state index in [9.17, 15) is 9.18 Å². The van der Waals surface area contributed by atoms with Crippen LogP contribution in [-0.4, -0.2) is 36.4 Å². The second kappa shape index (κ2) is 7.71. The first-order valence-electron chi connectivity index (χ1n) is 9.25. The predicted octanol–water partition coefficient (Wildman–Crippen LogP) is 4.00. The highest BCUT2D eigenvalue weighted by Crippen LogP contribution is 2.32. The van der Waals surface area contributed by atoms with Gasteiger partial charge in [-0.2, -0.15) is 4.98 Å². The smallest absolute Gasteiger partial charge is 0.281 e. The van der Waals surface area contributed by atoms with Gasteiger partial charge >= 0.3 is 0 Å². The van der Waals surface area contributed by atoms with Gasteiger partial charge in [0.05, 0.1) is 0 Å². The number of halogens is 1. The Morgan fingerprint density at radius 3 is 2.61 bits per heavy atom. The summed E-state index contributed by atoms with van der Waals surface area (Å²) in [6, 6.07) is 16.6. The number of hydrogen-bond donors (Lipinski definition) is 0. The van der Waals surface area contributed by atoms with Crippen LogP contribution < -0.4 is 0 Å². The van der Waals surface area contributed by atoms with Crippen molar-refractivity contribution in [2.45, 2.75) is 0 Å². The van der Waals surface area contributed by atoms with Crippen LogP contribution in [0.5, 0.6) is 0 Å². The standard InChI is InChI=1S/C22H13FN6O2/c23-17-6-1-2-7-18(17)29-20(15-8-10-24-11-9-15)19(26-28-29)22-25-21(27-31-22)16-5-3-4-14(12-16)13-30/h1-13H. The van der Waals surface area contributed by atoms with Crippen molar-refractivity contribution in [1.82, 2.24) is 30.1 Å². The molecule has 0 bridgehead atoms. The fourth-order valence-corrected chi connectivity index (χ4v) is 3.17. The molecule has 0 aliphatic carbocycles. The fourth-order valence-electron chi connectivity index (χ4n) is 3.17. The van der Waals surface area contributed by atoms with Crippen molar-refractivity contribution in [3.05, 3.63) is 84.4 Å². The number of carbonyl (C=O) groups is 1. The molecule has 0 amide bonds. The zero-order valence-corrected chi connectivity index (χ0v) is 15.9. The molecule has 0 radical (unpaired) electrons. The SMILES string of the molecule is O=Cc1cccc(-c2noc(-c3nnn(-c4ccccc4F)c3-c3ccncc3)n2)c1. The molecular formula is C22H13FN6O2. The van der Waals surface area contributed by atoms with E-state index < -0.39 is 5.82 Å². The summed E-state index contributed by atoms with van der Waals surface area (Å²) >= 11 is 0. The summed E-state index contributed by atoms with van der Waals surface area (Å²) in [5.74, 6) is -0.0492. The Morgan fingerprint density at radius 2 is 1.81 bits per heavy atom. The molecule has 0 spiro atoms. The van der Waals surface area contributed by atoms with Gasteiger partial charge in [-0.05, 0) is 30.3 Å². The third-order valence-corrected chi connectivity index (χ3v) is 4.61. The Morgan fingerprint density at radius 1 is 0.968 bits per heavy atom. The molecule has 31 heavy (non-hydrogen) atoms. The first-order valence-corrected chi connectivity index (χ1v) is 9.25. The summed E-state index contributed by atoms with van der Waals surface area (Å²) in [6.45, 7) is 0. The lowest BCUT2D eigenvalue weighted by Crippen LogP contribution is -2.02. The van der Waals surface area contributed by atoms with E-state index in [1.54, 1.807) is 67.0 Å². The summed E-state index contributed by atoms with van der Waals surface area (Å²) in [6.07, 6.45) is 3.97. The lowest BCUT2D eigenvalue weighted by Gasteiger charge is -2.08. The third-order valence-electron chi connectivity index (χ3n) is 4.61. The maximum atomic E-state index is 14.5. The lowest BCUT2D eigenvalue weighted by molar-refractivity contribution is 0.112. The molecule has 0 fully saturated rings. The summed E-state index contributed by atoms with van der Waals surface area (Å²) in [4.78, 5) is 19.5. The lowest BCUT2D eigenvalue weighted by atomic mass is 10.1. The zero-order chi connectivity index (χ0) is 21.2. The van der Waals surface area contributed by atoms with E-state index in [1.807, 2.05) is 0 Å². The number of aromatic nitrogens is 6. The molecule has 5 rings (SSSR count). The number of benzene rings is 2. The molecule has 0 atom stereocenters. The van der Waals surface area contributed by atoms with E-state index in [1.165, 1.54) is 10.7 Å². The fraction of sp³-hybridized carbons (Fsp3) is 0. The molecule has 0 saturated carbocycles. The van der Waals surface area contributed by atoms with E-state index in [4.69, 9.17) is 4.52 Å². The number of hydrogen-bond acceptors (Lipinski definition) is 7. The molecule has 0 unspecified atom stereocenters. The van der Waals surface area contributed by atoms with E-state index in [0.717, 1.165) is 6.29 Å². The number of rotatable bonds is 5. The van der Waals surface area contributed by atoms with Gasteiger partial charge in [0.15, 0.2) is 5.69 Å². The Kier molecular flexibility index (Phi) is 4.60. The summed E-state index contributed by atoms with van der Waals surface area (Å²) in [5.41, 5.74) is 2.80. The monoisotopic (exact) mass is 412 g/mol. The quantitative estimate of drug-likeness (QED) is 0.402. The van der Waals surface area contributed by atoms with Crippen molar-refractivity contribution in [2.75, 3.05) is 0 Å². The van der Waals surface area contributed by atoms with Crippen LogP contribution in [-0.2, 0) is 0 Å². The maximum absolute atomic E-state index is 14.5. The van der Waals surface area contributed by atoms with Gasteiger partial charge in [-0.3, -0.25) is 9.78 Å². The normalized spacial score (nSPS) is 10.9. The summed E-state index contributed by atoms with van der Waals surface area (Å²) < 4.78 is 21.3. The molecule has 2 aromatic carbocycles. The second-order valence-corrected chi connectivity index (χ2v) is 6.55. The van der Waals surface area contributed by atoms with Crippen molar-refractivity contribution in [3.8, 4) is 39.9 Å². The first kappa shape index (κ1) is 18.5.